The van der Waals surface area contributed by atoms with Gasteiger partial charge in [0.1, 0.15) is 19.1 Å². The first-order chi connectivity index (χ1) is 11.2. The average Bonchev–Trinajstić information content (AvgIpc) is 3.06. The van der Waals surface area contributed by atoms with Gasteiger partial charge in [-0.3, -0.25) is 4.79 Å². The lowest BCUT2D eigenvalue weighted by Crippen LogP contribution is -2.45. The Labute approximate surface area is 142 Å². The Morgan fingerprint density at radius 2 is 1.83 bits per heavy atom. The molecule has 0 saturated carbocycles. The summed E-state index contributed by atoms with van der Waals surface area (Å²) < 4.78 is 50.8. The molecule has 2 heterocycles. The minimum Gasteiger partial charge on any atom is -0.480 e. The molecule has 1 N–H and O–H groups in total. The van der Waals surface area contributed by atoms with Crippen LogP contribution in [0, 0.1) is 0 Å². The number of nitrogens with zero attached hydrogens (tertiary/aromatic N) is 2. The van der Waals surface area contributed by atoms with Crippen LogP contribution in [0.1, 0.15) is 5.82 Å². The summed E-state index contributed by atoms with van der Waals surface area (Å²) in [5.74, 6) is -5.42. The number of alkyl halides is 3. The van der Waals surface area contributed by atoms with E-state index in [0.717, 1.165) is 4.57 Å². The molecule has 128 valence electrons. The molecule has 0 atom stereocenters. The average molecular weight is 383 g/mol. The first kappa shape index (κ1) is 16.7. The molecule has 3 rings (SSSR count). The summed E-state index contributed by atoms with van der Waals surface area (Å²) in [4.78, 5) is 14.9. The zero-order valence-corrected chi connectivity index (χ0v) is 13.0. The second-order valence-corrected chi connectivity index (χ2v) is 5.61. The van der Waals surface area contributed by atoms with Gasteiger partial charge in [0.25, 0.3) is 0 Å². The number of halogens is 5. The van der Waals surface area contributed by atoms with Gasteiger partial charge in [0.15, 0.2) is 0 Å². The van der Waals surface area contributed by atoms with Crippen molar-refractivity contribution in [2.75, 3.05) is 0 Å². The van der Waals surface area contributed by atoms with Gasteiger partial charge in [-0.1, -0.05) is 23.2 Å². The topological polar surface area (TPSA) is 73.6 Å². The third-order valence-corrected chi connectivity index (χ3v) is 4.00. The van der Waals surface area contributed by atoms with Crippen LogP contribution in [0.15, 0.2) is 24.7 Å². The molecule has 11 heteroatoms. The number of aromatic nitrogens is 2. The molecular formula is C13H7Cl2F3N2O4. The van der Waals surface area contributed by atoms with E-state index < -0.39 is 30.3 Å². The minimum absolute atomic E-state index is 0.0170. The van der Waals surface area contributed by atoms with Crippen molar-refractivity contribution in [2.45, 2.75) is 18.5 Å². The predicted octanol–water partition coefficient (Wildman–Crippen LogP) is 3.66. The van der Waals surface area contributed by atoms with E-state index >= 15 is 0 Å². The van der Waals surface area contributed by atoms with Crippen LogP contribution in [0.5, 0.6) is 0 Å². The highest BCUT2D eigenvalue weighted by Crippen LogP contribution is 2.46. The van der Waals surface area contributed by atoms with Gasteiger partial charge in [-0.05, 0) is 12.1 Å². The summed E-state index contributed by atoms with van der Waals surface area (Å²) in [6, 6.07) is 2.46. The molecule has 0 fully saturated rings. The van der Waals surface area contributed by atoms with Gasteiger partial charge in [-0.2, -0.15) is 13.2 Å². The van der Waals surface area contributed by atoms with E-state index in [-0.39, 0.29) is 21.1 Å². The van der Waals surface area contributed by atoms with Gasteiger partial charge in [-0.15, -0.1) is 0 Å². The maximum absolute atomic E-state index is 13.6. The van der Waals surface area contributed by atoms with Crippen molar-refractivity contribution in [1.29, 1.82) is 0 Å². The second kappa shape index (κ2) is 5.45. The van der Waals surface area contributed by atoms with Gasteiger partial charge in [0, 0.05) is 0 Å². The van der Waals surface area contributed by atoms with Crippen molar-refractivity contribution in [3.05, 3.63) is 40.5 Å². The first-order valence-corrected chi connectivity index (χ1v) is 7.06. The number of imidazole rings is 1. The molecule has 0 amide bonds. The molecule has 1 aromatic heterocycles. The molecule has 1 aromatic carbocycles. The van der Waals surface area contributed by atoms with E-state index in [1.165, 1.54) is 12.1 Å². The Balaban J connectivity index is 2.32. The highest BCUT2D eigenvalue weighted by molar-refractivity contribution is 6.42. The maximum atomic E-state index is 13.6. The van der Waals surface area contributed by atoms with Crippen LogP contribution < -0.4 is 0 Å². The Morgan fingerprint density at radius 3 is 2.38 bits per heavy atom. The number of aliphatic carboxylic acids is 1. The van der Waals surface area contributed by atoms with E-state index in [0.29, 0.717) is 12.5 Å². The van der Waals surface area contributed by atoms with Crippen LogP contribution >= 0.6 is 23.2 Å². The number of hydrogen-bond donors (Lipinski definition) is 1. The fourth-order valence-corrected chi connectivity index (χ4v) is 2.62. The molecule has 0 aliphatic carbocycles. The highest BCUT2D eigenvalue weighted by Gasteiger charge is 2.66. The van der Waals surface area contributed by atoms with Crippen molar-refractivity contribution in [1.82, 2.24) is 9.55 Å². The lowest BCUT2D eigenvalue weighted by atomic mass is 10.2. The van der Waals surface area contributed by atoms with Gasteiger partial charge in [-0.25, -0.2) is 4.98 Å². The van der Waals surface area contributed by atoms with Gasteiger partial charge in [0.05, 0.1) is 21.1 Å². The number of fused-ring (bicyclic) bond motifs is 1. The Hall–Kier alpha value is -2.13. The molecule has 2 aromatic rings. The lowest BCUT2D eigenvalue weighted by molar-refractivity contribution is -0.349. The maximum Gasteiger partial charge on any atom is 0.476 e. The van der Waals surface area contributed by atoms with Crippen LogP contribution in [0.25, 0.3) is 11.0 Å². The number of benzene rings is 1. The predicted molar refractivity (Wildman–Crippen MR) is 76.4 cm³/mol. The molecule has 1 aliphatic rings. The van der Waals surface area contributed by atoms with E-state index in [1.54, 1.807) is 0 Å². The minimum atomic E-state index is -5.03. The third kappa shape index (κ3) is 2.44. The number of carboxylic acids is 1. The smallest absolute Gasteiger partial charge is 0.476 e. The van der Waals surface area contributed by atoms with Gasteiger partial charge in [0.2, 0.25) is 5.82 Å². The van der Waals surface area contributed by atoms with E-state index in [9.17, 15) is 18.0 Å². The van der Waals surface area contributed by atoms with Crippen LogP contribution in [-0.4, -0.2) is 26.8 Å². The van der Waals surface area contributed by atoms with Crippen molar-refractivity contribution in [2.24, 2.45) is 0 Å². The van der Waals surface area contributed by atoms with E-state index in [1.807, 2.05) is 0 Å². The summed E-state index contributed by atoms with van der Waals surface area (Å²) in [6.45, 7) is -0.811. The summed E-state index contributed by atoms with van der Waals surface area (Å²) >= 11 is 11.7. The van der Waals surface area contributed by atoms with Gasteiger partial charge >= 0.3 is 17.9 Å². The Morgan fingerprint density at radius 1 is 1.25 bits per heavy atom. The zero-order chi connectivity index (χ0) is 17.7. The second-order valence-electron chi connectivity index (χ2n) is 4.79. The zero-order valence-electron chi connectivity index (χ0n) is 11.5. The van der Waals surface area contributed by atoms with Crippen LogP contribution in [-0.2, 0) is 26.6 Å². The van der Waals surface area contributed by atoms with E-state index in [2.05, 4.69) is 14.5 Å². The number of hydrogen-bond acceptors (Lipinski definition) is 4. The van der Waals surface area contributed by atoms with Crippen molar-refractivity contribution < 1.29 is 32.5 Å². The molecule has 0 bridgehead atoms. The standard InChI is InChI=1S/C13H7Cl2F3N2O4/c14-6-3-8-9(4-7(6)15)20(5-10(21)22)11(19-8)12(13(16,17)18)23-1-2-24-12/h1-4H,5H2,(H,21,22). The van der Waals surface area contributed by atoms with Crippen molar-refractivity contribution >= 4 is 40.2 Å². The van der Waals surface area contributed by atoms with Crippen molar-refractivity contribution in [3.8, 4) is 0 Å². The number of carboxylic acid groups (broad SMARTS) is 1. The van der Waals surface area contributed by atoms with Crippen LogP contribution in [0.3, 0.4) is 0 Å². The summed E-state index contributed by atoms with van der Waals surface area (Å²) in [6.07, 6.45) is -3.61. The summed E-state index contributed by atoms with van der Waals surface area (Å²) in [5.41, 5.74) is 0.0629. The first-order valence-electron chi connectivity index (χ1n) is 6.30. The SMILES string of the molecule is O=C(O)Cn1c(C2(C(F)(F)F)OC=CO2)nc2cc(Cl)c(Cl)cc21. The monoisotopic (exact) mass is 382 g/mol. The molecular weight excluding hydrogens is 376 g/mol. The fraction of sp³-hybridized carbons (Fsp3) is 0.231. The quantitative estimate of drug-likeness (QED) is 0.876. The van der Waals surface area contributed by atoms with Gasteiger partial charge < -0.3 is 19.1 Å². The number of ether oxygens (including phenoxy) is 2. The Kier molecular flexibility index (Phi) is 3.80. The molecule has 0 saturated heterocycles. The molecule has 0 spiro atoms. The fourth-order valence-electron chi connectivity index (χ4n) is 2.31. The Bertz CT molecular complexity index is 855. The van der Waals surface area contributed by atoms with E-state index in [4.69, 9.17) is 28.3 Å². The highest BCUT2D eigenvalue weighted by atomic mass is 35.5. The third-order valence-electron chi connectivity index (χ3n) is 3.27. The molecule has 24 heavy (non-hydrogen) atoms. The summed E-state index contributed by atoms with van der Waals surface area (Å²) in [5, 5.41) is 9.13. The molecule has 0 unspecified atom stereocenters. The largest absolute Gasteiger partial charge is 0.480 e. The lowest BCUT2D eigenvalue weighted by Gasteiger charge is -2.28. The number of carbonyl (C=O) groups is 1. The number of rotatable bonds is 3. The normalized spacial score (nSPS) is 16.2. The molecule has 1 aliphatic heterocycles. The summed E-state index contributed by atoms with van der Waals surface area (Å²) in [7, 11) is 0. The van der Waals surface area contributed by atoms with Crippen LogP contribution in [0.4, 0.5) is 13.2 Å². The molecule has 6 nitrogen and oxygen atoms in total. The van der Waals surface area contributed by atoms with Crippen molar-refractivity contribution in [3.63, 3.8) is 0 Å². The van der Waals surface area contributed by atoms with Crippen LogP contribution in [0.2, 0.25) is 10.0 Å². The molecule has 0 radical (unpaired) electrons.